The van der Waals surface area contributed by atoms with Crippen LogP contribution in [0.2, 0.25) is 0 Å². The van der Waals surface area contributed by atoms with Crippen LogP contribution < -0.4 is 5.73 Å². The lowest BCUT2D eigenvalue weighted by Gasteiger charge is -2.16. The Bertz CT molecular complexity index is 494. The number of aryl methyl sites for hydroxylation is 1. The average molecular weight is 333 g/mol. The molecule has 2 heterocycles. The van der Waals surface area contributed by atoms with Gasteiger partial charge >= 0.3 is 0 Å². The molecule has 0 aliphatic heterocycles. The molecule has 7 heteroatoms. The van der Waals surface area contributed by atoms with E-state index in [-0.39, 0.29) is 11.3 Å². The van der Waals surface area contributed by atoms with Crippen molar-refractivity contribution >= 4 is 39.0 Å². The maximum absolute atomic E-state index is 6.04. The van der Waals surface area contributed by atoms with Gasteiger partial charge in [0.05, 0.1) is 5.25 Å². The van der Waals surface area contributed by atoms with E-state index < -0.39 is 0 Å². The van der Waals surface area contributed by atoms with Crippen LogP contribution in [0, 0.1) is 6.92 Å². The highest BCUT2D eigenvalue weighted by molar-refractivity contribution is 9.10. The van der Waals surface area contributed by atoms with Gasteiger partial charge in [-0.05, 0) is 35.8 Å². The molecule has 2 unspecified atom stereocenters. The van der Waals surface area contributed by atoms with E-state index in [1.165, 1.54) is 4.88 Å². The Morgan fingerprint density at radius 1 is 1.59 bits per heavy atom. The van der Waals surface area contributed by atoms with Crippen molar-refractivity contribution in [2.45, 2.75) is 30.3 Å². The number of aromatic nitrogens is 3. The van der Waals surface area contributed by atoms with Crippen LogP contribution in [-0.2, 0) is 0 Å². The van der Waals surface area contributed by atoms with Gasteiger partial charge in [-0.3, -0.25) is 5.10 Å². The van der Waals surface area contributed by atoms with E-state index in [0.717, 1.165) is 15.5 Å². The maximum Gasteiger partial charge on any atom is 0.209 e. The van der Waals surface area contributed by atoms with Crippen molar-refractivity contribution in [2.75, 3.05) is 0 Å². The summed E-state index contributed by atoms with van der Waals surface area (Å²) in [6, 6.07) is 2.15. The van der Waals surface area contributed by atoms with E-state index in [1.54, 1.807) is 23.1 Å². The molecule has 2 aromatic rings. The van der Waals surface area contributed by atoms with Gasteiger partial charge in [0.2, 0.25) is 5.16 Å². The van der Waals surface area contributed by atoms with Gasteiger partial charge in [-0.25, -0.2) is 4.98 Å². The second kappa shape index (κ2) is 5.51. The summed E-state index contributed by atoms with van der Waals surface area (Å²) >= 11 is 6.76. The molecule has 4 nitrogen and oxygen atoms in total. The Morgan fingerprint density at radius 2 is 2.35 bits per heavy atom. The van der Waals surface area contributed by atoms with Crippen molar-refractivity contribution in [3.05, 3.63) is 26.6 Å². The molecule has 0 aliphatic rings. The van der Waals surface area contributed by atoms with Crippen LogP contribution >= 0.6 is 39.0 Å². The number of H-pyrrole nitrogens is 1. The molecule has 0 aliphatic carbocycles. The minimum atomic E-state index is 0.0457. The lowest BCUT2D eigenvalue weighted by atomic mass is 10.2. The molecule has 0 bridgehead atoms. The summed E-state index contributed by atoms with van der Waals surface area (Å²) in [7, 11) is 0. The third-order valence-electron chi connectivity index (χ3n) is 2.15. The Labute approximate surface area is 117 Å². The van der Waals surface area contributed by atoms with Crippen molar-refractivity contribution in [1.29, 1.82) is 0 Å². The first-order valence-corrected chi connectivity index (χ1v) is 7.66. The van der Waals surface area contributed by atoms with E-state index in [4.69, 9.17) is 5.73 Å². The number of aromatic amines is 1. The number of rotatable bonds is 4. The summed E-state index contributed by atoms with van der Waals surface area (Å²) in [6.45, 7) is 3.89. The Hall–Kier alpha value is -0.370. The molecule has 0 amide bonds. The monoisotopic (exact) mass is 332 g/mol. The zero-order valence-corrected chi connectivity index (χ0v) is 12.7. The highest BCUT2D eigenvalue weighted by Gasteiger charge is 2.21. The number of hydrogen-bond acceptors (Lipinski definition) is 5. The normalized spacial score (nSPS) is 14.8. The van der Waals surface area contributed by atoms with E-state index in [9.17, 15) is 0 Å². The highest BCUT2D eigenvalue weighted by Crippen LogP contribution is 2.39. The maximum atomic E-state index is 6.04. The predicted octanol–water partition coefficient (Wildman–Crippen LogP) is 3.12. The number of thiophene rings is 1. The van der Waals surface area contributed by atoms with Crippen LogP contribution in [0.3, 0.4) is 0 Å². The van der Waals surface area contributed by atoms with Crippen molar-refractivity contribution in [3.8, 4) is 0 Å². The molecular weight excluding hydrogens is 320 g/mol. The largest absolute Gasteiger partial charge is 0.327 e. The summed E-state index contributed by atoms with van der Waals surface area (Å²) in [5, 5.41) is 9.97. The number of nitrogens with zero attached hydrogens (tertiary/aromatic N) is 2. The van der Waals surface area contributed by atoms with Crippen LogP contribution in [-0.4, -0.2) is 21.2 Å². The van der Waals surface area contributed by atoms with Crippen molar-refractivity contribution < 1.29 is 0 Å². The predicted molar refractivity (Wildman–Crippen MR) is 75.4 cm³/mol. The molecule has 0 saturated heterocycles. The van der Waals surface area contributed by atoms with E-state index in [1.807, 2.05) is 13.8 Å². The molecule has 0 spiro atoms. The van der Waals surface area contributed by atoms with Gasteiger partial charge in [-0.15, -0.1) is 16.4 Å². The quantitative estimate of drug-likeness (QED) is 0.844. The molecule has 2 aromatic heterocycles. The lowest BCUT2D eigenvalue weighted by Crippen LogP contribution is -2.22. The van der Waals surface area contributed by atoms with Gasteiger partial charge in [0.1, 0.15) is 5.82 Å². The summed E-state index contributed by atoms with van der Waals surface area (Å²) < 4.78 is 1.09. The standard InChI is InChI=1S/C10H13BrN4S2/c1-5(12)9(8-3-7(11)4-16-8)17-10-13-6(2)14-15-10/h3-5,9H,12H2,1-2H3,(H,13,14,15). The van der Waals surface area contributed by atoms with Crippen LogP contribution in [0.4, 0.5) is 0 Å². The van der Waals surface area contributed by atoms with Crippen LogP contribution in [0.1, 0.15) is 22.9 Å². The summed E-state index contributed by atoms with van der Waals surface area (Å²) in [4.78, 5) is 5.53. The SMILES string of the molecule is Cc1nc(SC(c2cc(Br)cs2)C(C)N)n[nH]1. The second-order valence-electron chi connectivity index (χ2n) is 3.77. The first-order chi connectivity index (χ1) is 8.06. The molecule has 17 heavy (non-hydrogen) atoms. The average Bonchev–Trinajstić information content (AvgIpc) is 2.83. The first-order valence-electron chi connectivity index (χ1n) is 5.11. The van der Waals surface area contributed by atoms with Crippen molar-refractivity contribution in [1.82, 2.24) is 15.2 Å². The molecule has 2 rings (SSSR count). The smallest absolute Gasteiger partial charge is 0.209 e. The van der Waals surface area contributed by atoms with E-state index in [0.29, 0.717) is 0 Å². The number of nitrogens with one attached hydrogen (secondary N) is 1. The fourth-order valence-corrected chi connectivity index (χ4v) is 4.15. The van der Waals surface area contributed by atoms with Crippen LogP contribution in [0.5, 0.6) is 0 Å². The summed E-state index contributed by atoms with van der Waals surface area (Å²) in [5.41, 5.74) is 6.04. The van der Waals surface area contributed by atoms with Gasteiger partial charge in [-0.2, -0.15) is 0 Å². The van der Waals surface area contributed by atoms with Crippen LogP contribution in [0.15, 0.2) is 21.1 Å². The first kappa shape index (κ1) is 13.1. The molecule has 0 radical (unpaired) electrons. The highest BCUT2D eigenvalue weighted by atomic mass is 79.9. The molecule has 0 saturated carbocycles. The zero-order valence-electron chi connectivity index (χ0n) is 9.48. The Balaban J connectivity index is 2.18. The zero-order chi connectivity index (χ0) is 12.4. The van der Waals surface area contributed by atoms with Crippen molar-refractivity contribution in [2.24, 2.45) is 5.73 Å². The topological polar surface area (TPSA) is 67.6 Å². The number of halogens is 1. The fourth-order valence-electron chi connectivity index (χ4n) is 1.39. The number of hydrogen-bond donors (Lipinski definition) is 2. The third kappa shape index (κ3) is 3.31. The fraction of sp³-hybridized carbons (Fsp3) is 0.400. The van der Waals surface area contributed by atoms with Gasteiger partial charge in [0, 0.05) is 20.8 Å². The van der Waals surface area contributed by atoms with Gasteiger partial charge in [0.25, 0.3) is 0 Å². The molecular formula is C10H13BrN4S2. The molecule has 0 aromatic carbocycles. The molecule has 3 N–H and O–H groups in total. The van der Waals surface area contributed by atoms with Crippen LogP contribution in [0.25, 0.3) is 0 Å². The van der Waals surface area contributed by atoms with Crippen molar-refractivity contribution in [3.63, 3.8) is 0 Å². The Morgan fingerprint density at radius 3 is 2.82 bits per heavy atom. The summed E-state index contributed by atoms with van der Waals surface area (Å²) in [6.07, 6.45) is 0. The summed E-state index contributed by atoms with van der Waals surface area (Å²) in [5.74, 6) is 0.822. The Kier molecular flexibility index (Phi) is 4.24. The molecule has 2 atom stereocenters. The second-order valence-corrected chi connectivity index (χ2v) is 6.74. The van der Waals surface area contributed by atoms with Gasteiger partial charge < -0.3 is 5.73 Å². The number of nitrogens with two attached hydrogens (primary N) is 1. The molecule has 0 fully saturated rings. The van der Waals surface area contributed by atoms with E-state index in [2.05, 4.69) is 42.6 Å². The van der Waals surface area contributed by atoms with E-state index >= 15 is 0 Å². The lowest BCUT2D eigenvalue weighted by molar-refractivity contribution is 0.726. The third-order valence-corrected chi connectivity index (χ3v) is 5.41. The minimum Gasteiger partial charge on any atom is -0.327 e. The molecule has 92 valence electrons. The number of thioether (sulfide) groups is 1. The minimum absolute atomic E-state index is 0.0457. The van der Waals surface area contributed by atoms with Gasteiger partial charge in [-0.1, -0.05) is 11.8 Å². The van der Waals surface area contributed by atoms with Gasteiger partial charge in [0.15, 0.2) is 0 Å².